The third-order valence-corrected chi connectivity index (χ3v) is 2.40. The van der Waals surface area contributed by atoms with Gasteiger partial charge in [-0.15, -0.1) is 0 Å². The fourth-order valence-electron chi connectivity index (χ4n) is 1.61. The standard InChI is InChI=1S/C12H15NO2/c1-7-4-5-10(13)9(3)12(7)11(15)6-8(2)14/h4-5H,6,13H2,1-3H3. The van der Waals surface area contributed by atoms with Crippen molar-refractivity contribution in [3.05, 3.63) is 28.8 Å². The lowest BCUT2D eigenvalue weighted by Gasteiger charge is -2.10. The maximum atomic E-state index is 11.8. The molecule has 80 valence electrons. The van der Waals surface area contributed by atoms with Gasteiger partial charge in [0.15, 0.2) is 5.78 Å². The van der Waals surface area contributed by atoms with Crippen LogP contribution in [0.25, 0.3) is 0 Å². The van der Waals surface area contributed by atoms with Crippen LogP contribution in [0.5, 0.6) is 0 Å². The largest absolute Gasteiger partial charge is 0.398 e. The van der Waals surface area contributed by atoms with Gasteiger partial charge in [-0.05, 0) is 38.0 Å². The third-order valence-electron chi connectivity index (χ3n) is 2.40. The Balaban J connectivity index is 3.18. The molecule has 15 heavy (non-hydrogen) atoms. The van der Waals surface area contributed by atoms with Gasteiger partial charge in [-0.3, -0.25) is 9.59 Å². The van der Waals surface area contributed by atoms with Crippen LogP contribution in [0.1, 0.15) is 34.8 Å². The van der Waals surface area contributed by atoms with E-state index in [-0.39, 0.29) is 18.0 Å². The highest BCUT2D eigenvalue weighted by Gasteiger charge is 2.15. The Kier molecular flexibility index (Phi) is 3.24. The van der Waals surface area contributed by atoms with Gasteiger partial charge < -0.3 is 5.73 Å². The number of carbonyl (C=O) groups is 2. The van der Waals surface area contributed by atoms with Gasteiger partial charge in [0.1, 0.15) is 5.78 Å². The summed E-state index contributed by atoms with van der Waals surface area (Å²) in [6, 6.07) is 3.57. The first-order valence-electron chi connectivity index (χ1n) is 4.81. The molecule has 0 aliphatic rings. The lowest BCUT2D eigenvalue weighted by Crippen LogP contribution is -2.10. The Hall–Kier alpha value is -1.64. The molecule has 2 N–H and O–H groups in total. The molecular formula is C12H15NO2. The van der Waals surface area contributed by atoms with Gasteiger partial charge in [-0.2, -0.15) is 0 Å². The van der Waals surface area contributed by atoms with Crippen molar-refractivity contribution in [1.82, 2.24) is 0 Å². The first kappa shape index (κ1) is 11.4. The molecule has 0 amide bonds. The smallest absolute Gasteiger partial charge is 0.170 e. The molecule has 0 saturated carbocycles. The van der Waals surface area contributed by atoms with Crippen molar-refractivity contribution < 1.29 is 9.59 Å². The minimum Gasteiger partial charge on any atom is -0.398 e. The first-order valence-corrected chi connectivity index (χ1v) is 4.81. The summed E-state index contributed by atoms with van der Waals surface area (Å²) in [6.07, 6.45) is -0.0505. The van der Waals surface area contributed by atoms with Crippen LogP contribution in [0.3, 0.4) is 0 Å². The second-order valence-corrected chi connectivity index (χ2v) is 3.77. The number of benzene rings is 1. The third kappa shape index (κ3) is 2.43. The number of carbonyl (C=O) groups excluding carboxylic acids is 2. The number of ketones is 2. The molecule has 1 aromatic rings. The molecule has 1 rings (SSSR count). The van der Waals surface area contributed by atoms with Crippen LogP contribution in [-0.4, -0.2) is 11.6 Å². The van der Waals surface area contributed by atoms with E-state index in [1.165, 1.54) is 6.92 Å². The topological polar surface area (TPSA) is 60.2 Å². The molecule has 0 heterocycles. The van der Waals surface area contributed by atoms with Crippen LogP contribution in [-0.2, 0) is 4.79 Å². The predicted molar refractivity (Wildman–Crippen MR) is 60.0 cm³/mol. The summed E-state index contributed by atoms with van der Waals surface area (Å²) in [4.78, 5) is 22.7. The van der Waals surface area contributed by atoms with Gasteiger partial charge in [-0.25, -0.2) is 0 Å². The van der Waals surface area contributed by atoms with E-state index in [1.54, 1.807) is 19.1 Å². The van der Waals surface area contributed by atoms with Gasteiger partial charge in [0, 0.05) is 11.3 Å². The number of nitrogen functional groups attached to an aromatic ring is 1. The summed E-state index contributed by atoms with van der Waals surface area (Å²) >= 11 is 0. The minimum atomic E-state index is -0.148. The summed E-state index contributed by atoms with van der Waals surface area (Å²) in [5, 5.41) is 0. The Labute approximate surface area is 89.3 Å². The van der Waals surface area contributed by atoms with Gasteiger partial charge in [0.05, 0.1) is 6.42 Å². The molecular weight excluding hydrogens is 190 g/mol. The van der Waals surface area contributed by atoms with Gasteiger partial charge in [0.2, 0.25) is 0 Å². The number of Topliss-reactive ketones (excluding diaryl/α,β-unsaturated/α-hetero) is 2. The summed E-state index contributed by atoms with van der Waals surface area (Å²) in [6.45, 7) is 5.06. The highest BCUT2D eigenvalue weighted by Crippen LogP contribution is 2.21. The van der Waals surface area contributed by atoms with Gasteiger partial charge >= 0.3 is 0 Å². The zero-order valence-corrected chi connectivity index (χ0v) is 9.26. The van der Waals surface area contributed by atoms with Crippen molar-refractivity contribution in [3.8, 4) is 0 Å². The average molecular weight is 205 g/mol. The van der Waals surface area contributed by atoms with E-state index in [0.717, 1.165) is 11.1 Å². The summed E-state index contributed by atoms with van der Waals surface area (Å²) in [5.41, 5.74) is 8.53. The molecule has 0 radical (unpaired) electrons. The van der Waals surface area contributed by atoms with Crippen molar-refractivity contribution in [2.75, 3.05) is 5.73 Å². The van der Waals surface area contributed by atoms with E-state index in [9.17, 15) is 9.59 Å². The maximum Gasteiger partial charge on any atom is 0.170 e. The predicted octanol–water partition coefficient (Wildman–Crippen LogP) is 2.05. The van der Waals surface area contributed by atoms with E-state index < -0.39 is 0 Å². The normalized spacial score (nSPS) is 10.1. The number of aryl methyl sites for hydroxylation is 1. The van der Waals surface area contributed by atoms with Crippen LogP contribution < -0.4 is 5.73 Å². The highest BCUT2D eigenvalue weighted by molar-refractivity contribution is 6.09. The molecule has 0 saturated heterocycles. The Morgan fingerprint density at radius 1 is 1.27 bits per heavy atom. The average Bonchev–Trinajstić information content (AvgIpc) is 2.11. The first-order chi connectivity index (χ1) is 6.93. The van der Waals surface area contributed by atoms with Crippen LogP contribution in [0.2, 0.25) is 0 Å². The van der Waals surface area contributed by atoms with Crippen molar-refractivity contribution in [2.45, 2.75) is 27.2 Å². The lowest BCUT2D eigenvalue weighted by molar-refractivity contribution is -0.116. The molecule has 0 atom stereocenters. The molecule has 0 spiro atoms. The quantitative estimate of drug-likeness (QED) is 0.466. The second kappa shape index (κ2) is 4.26. The molecule has 0 aliphatic carbocycles. The SMILES string of the molecule is CC(=O)CC(=O)c1c(C)ccc(N)c1C. The minimum absolute atomic E-state index is 0.0505. The van der Waals surface area contributed by atoms with E-state index >= 15 is 0 Å². The summed E-state index contributed by atoms with van der Waals surface area (Å²) in [5.74, 6) is -0.272. The van der Waals surface area contributed by atoms with Crippen molar-refractivity contribution >= 4 is 17.3 Å². The van der Waals surface area contributed by atoms with Crippen LogP contribution in [0.4, 0.5) is 5.69 Å². The van der Waals surface area contributed by atoms with E-state index in [0.29, 0.717) is 11.3 Å². The van der Waals surface area contributed by atoms with E-state index in [1.807, 2.05) is 6.92 Å². The molecule has 1 aromatic carbocycles. The fraction of sp³-hybridized carbons (Fsp3) is 0.333. The zero-order chi connectivity index (χ0) is 11.6. The summed E-state index contributed by atoms with van der Waals surface area (Å²) < 4.78 is 0. The molecule has 0 aromatic heterocycles. The van der Waals surface area contributed by atoms with Crippen molar-refractivity contribution in [3.63, 3.8) is 0 Å². The number of hydrogen-bond donors (Lipinski definition) is 1. The van der Waals surface area contributed by atoms with E-state index in [4.69, 9.17) is 5.73 Å². The molecule has 0 aliphatic heterocycles. The molecule has 0 bridgehead atoms. The molecule has 0 fully saturated rings. The summed E-state index contributed by atoms with van der Waals surface area (Å²) in [7, 11) is 0. The number of nitrogens with two attached hydrogens (primary N) is 1. The van der Waals surface area contributed by atoms with E-state index in [2.05, 4.69) is 0 Å². The molecule has 3 nitrogen and oxygen atoms in total. The van der Waals surface area contributed by atoms with Gasteiger partial charge in [0.25, 0.3) is 0 Å². The van der Waals surface area contributed by atoms with Crippen molar-refractivity contribution in [2.24, 2.45) is 0 Å². The van der Waals surface area contributed by atoms with Crippen LogP contribution >= 0.6 is 0 Å². The number of rotatable bonds is 3. The second-order valence-electron chi connectivity index (χ2n) is 3.77. The molecule has 0 unspecified atom stereocenters. The zero-order valence-electron chi connectivity index (χ0n) is 9.26. The lowest BCUT2D eigenvalue weighted by atomic mass is 9.95. The fourth-order valence-corrected chi connectivity index (χ4v) is 1.61. The van der Waals surface area contributed by atoms with Crippen LogP contribution in [0, 0.1) is 13.8 Å². The highest BCUT2D eigenvalue weighted by atomic mass is 16.1. The Bertz CT molecular complexity index is 422. The Morgan fingerprint density at radius 2 is 1.87 bits per heavy atom. The van der Waals surface area contributed by atoms with Gasteiger partial charge in [-0.1, -0.05) is 6.07 Å². The van der Waals surface area contributed by atoms with Crippen LogP contribution in [0.15, 0.2) is 12.1 Å². The maximum absolute atomic E-state index is 11.8. The number of hydrogen-bond acceptors (Lipinski definition) is 3. The number of anilines is 1. The monoisotopic (exact) mass is 205 g/mol. The van der Waals surface area contributed by atoms with Crippen molar-refractivity contribution in [1.29, 1.82) is 0 Å². The molecule has 3 heteroatoms. The Morgan fingerprint density at radius 3 is 2.40 bits per heavy atom.